The Morgan fingerprint density at radius 1 is 1.32 bits per heavy atom. The van der Waals surface area contributed by atoms with Gasteiger partial charge >= 0.3 is 0 Å². The Hall–Kier alpha value is -1.85. The molecule has 1 aliphatic rings. The molecule has 0 radical (unpaired) electrons. The number of likely N-dealkylation sites (N-methyl/N-ethyl adjacent to an activating group) is 1. The largest absolute Gasteiger partial charge is 0.357 e. The van der Waals surface area contributed by atoms with Gasteiger partial charge in [-0.05, 0) is 20.8 Å². The van der Waals surface area contributed by atoms with Crippen molar-refractivity contribution in [1.29, 1.82) is 0 Å². The summed E-state index contributed by atoms with van der Waals surface area (Å²) >= 11 is 0. The Labute approximate surface area is 113 Å². The summed E-state index contributed by atoms with van der Waals surface area (Å²) in [6, 6.07) is 1.92. The van der Waals surface area contributed by atoms with Gasteiger partial charge in [0.05, 0.1) is 0 Å². The van der Waals surface area contributed by atoms with Crippen LogP contribution in [-0.4, -0.2) is 53.5 Å². The van der Waals surface area contributed by atoms with Crippen LogP contribution in [-0.2, 0) is 4.79 Å². The van der Waals surface area contributed by atoms with E-state index in [1.807, 2.05) is 38.8 Å². The van der Waals surface area contributed by atoms with E-state index in [0.29, 0.717) is 12.5 Å². The van der Waals surface area contributed by atoms with Gasteiger partial charge in [0.2, 0.25) is 11.9 Å². The van der Waals surface area contributed by atoms with E-state index >= 15 is 0 Å². The zero-order chi connectivity index (χ0) is 14.2. The average molecular weight is 263 g/mol. The number of nitrogens with zero attached hydrogens (tertiary/aromatic N) is 4. The van der Waals surface area contributed by atoms with Gasteiger partial charge in [-0.15, -0.1) is 0 Å². The van der Waals surface area contributed by atoms with Gasteiger partial charge in [-0.1, -0.05) is 0 Å². The smallest absolute Gasteiger partial charge is 0.247 e. The lowest BCUT2D eigenvalue weighted by Gasteiger charge is -2.45. The fraction of sp³-hybridized carbons (Fsp3) is 0.615. The number of aryl methyl sites for hydroxylation is 1. The van der Waals surface area contributed by atoms with Crippen LogP contribution in [0, 0.1) is 6.92 Å². The Morgan fingerprint density at radius 2 is 2.00 bits per heavy atom. The van der Waals surface area contributed by atoms with Crippen molar-refractivity contribution in [3.8, 4) is 0 Å². The van der Waals surface area contributed by atoms with Crippen LogP contribution in [0.15, 0.2) is 6.07 Å². The van der Waals surface area contributed by atoms with E-state index < -0.39 is 5.54 Å². The number of nitrogens with one attached hydrogen (secondary N) is 1. The van der Waals surface area contributed by atoms with Gasteiger partial charge in [0.15, 0.2) is 0 Å². The standard InChI is InChI=1S/C13H21N5O/c1-9-8-10(16-12(14-4)15-9)18-7-6-17(5)11(19)13(18,2)3/h8H,6-7H2,1-5H3,(H,14,15,16). The van der Waals surface area contributed by atoms with E-state index in [1.54, 1.807) is 11.9 Å². The van der Waals surface area contributed by atoms with E-state index in [4.69, 9.17) is 0 Å². The number of hydrogen-bond donors (Lipinski definition) is 1. The molecule has 6 heteroatoms. The van der Waals surface area contributed by atoms with Crippen LogP contribution in [0.25, 0.3) is 0 Å². The van der Waals surface area contributed by atoms with Gasteiger partial charge in [-0.3, -0.25) is 4.79 Å². The Bertz CT molecular complexity index is 500. The molecule has 0 unspecified atom stereocenters. The molecule has 104 valence electrons. The quantitative estimate of drug-likeness (QED) is 0.858. The summed E-state index contributed by atoms with van der Waals surface area (Å²) < 4.78 is 0. The van der Waals surface area contributed by atoms with Crippen LogP contribution < -0.4 is 10.2 Å². The monoisotopic (exact) mass is 263 g/mol. The number of amides is 1. The van der Waals surface area contributed by atoms with Crippen molar-refractivity contribution >= 4 is 17.7 Å². The molecule has 1 aromatic rings. The minimum Gasteiger partial charge on any atom is -0.357 e. The summed E-state index contributed by atoms with van der Waals surface area (Å²) in [5, 5.41) is 2.95. The minimum absolute atomic E-state index is 0.112. The summed E-state index contributed by atoms with van der Waals surface area (Å²) in [7, 11) is 3.63. The van der Waals surface area contributed by atoms with Crippen LogP contribution in [0.1, 0.15) is 19.5 Å². The number of carbonyl (C=O) groups is 1. The molecule has 0 saturated carbocycles. The van der Waals surface area contributed by atoms with Crippen molar-refractivity contribution in [2.75, 3.05) is 37.4 Å². The molecule has 6 nitrogen and oxygen atoms in total. The molecule has 1 N–H and O–H groups in total. The summed E-state index contributed by atoms with van der Waals surface area (Å²) in [6.45, 7) is 7.27. The van der Waals surface area contributed by atoms with Crippen molar-refractivity contribution in [1.82, 2.24) is 14.9 Å². The van der Waals surface area contributed by atoms with Crippen molar-refractivity contribution in [3.63, 3.8) is 0 Å². The first-order valence-corrected chi connectivity index (χ1v) is 6.43. The lowest BCUT2D eigenvalue weighted by Crippen LogP contribution is -2.62. The minimum atomic E-state index is -0.585. The first-order valence-electron chi connectivity index (χ1n) is 6.43. The number of rotatable bonds is 2. The first-order chi connectivity index (χ1) is 8.86. The second-order valence-electron chi connectivity index (χ2n) is 5.38. The molecule has 1 saturated heterocycles. The highest BCUT2D eigenvalue weighted by molar-refractivity contribution is 5.90. The number of anilines is 2. The van der Waals surface area contributed by atoms with Gasteiger partial charge < -0.3 is 15.1 Å². The molecule has 1 aromatic heterocycles. The maximum atomic E-state index is 12.3. The maximum absolute atomic E-state index is 12.3. The fourth-order valence-corrected chi connectivity index (χ4v) is 2.42. The lowest BCUT2D eigenvalue weighted by atomic mass is 9.98. The maximum Gasteiger partial charge on any atom is 0.247 e. The summed E-state index contributed by atoms with van der Waals surface area (Å²) in [5.74, 6) is 1.49. The number of piperazine rings is 1. The van der Waals surface area contributed by atoms with Crippen LogP contribution in [0.3, 0.4) is 0 Å². The first kappa shape index (κ1) is 13.6. The van der Waals surface area contributed by atoms with Crippen LogP contribution in [0.5, 0.6) is 0 Å². The van der Waals surface area contributed by atoms with Gasteiger partial charge in [0.25, 0.3) is 0 Å². The Balaban J connectivity index is 2.41. The molecule has 0 aromatic carbocycles. The zero-order valence-corrected chi connectivity index (χ0v) is 12.2. The summed E-state index contributed by atoms with van der Waals surface area (Å²) in [5.41, 5.74) is 0.301. The second kappa shape index (κ2) is 4.68. The third kappa shape index (κ3) is 2.34. The molecule has 2 heterocycles. The third-order valence-corrected chi connectivity index (χ3v) is 3.54. The number of hydrogen-bond acceptors (Lipinski definition) is 5. The van der Waals surface area contributed by atoms with Gasteiger partial charge in [0.1, 0.15) is 11.4 Å². The Morgan fingerprint density at radius 3 is 2.63 bits per heavy atom. The molecule has 19 heavy (non-hydrogen) atoms. The molecule has 1 fully saturated rings. The fourth-order valence-electron chi connectivity index (χ4n) is 2.42. The summed E-state index contributed by atoms with van der Waals surface area (Å²) in [6.07, 6.45) is 0. The van der Waals surface area contributed by atoms with E-state index in [9.17, 15) is 4.79 Å². The highest BCUT2D eigenvalue weighted by Crippen LogP contribution is 2.27. The van der Waals surface area contributed by atoms with Crippen molar-refractivity contribution in [3.05, 3.63) is 11.8 Å². The SMILES string of the molecule is CNc1nc(C)cc(N2CCN(C)C(=O)C2(C)C)n1. The lowest BCUT2D eigenvalue weighted by molar-refractivity contribution is -0.136. The molecular formula is C13H21N5O. The molecule has 1 aliphatic heterocycles. The average Bonchev–Trinajstić information content (AvgIpc) is 2.35. The second-order valence-corrected chi connectivity index (χ2v) is 5.38. The van der Waals surface area contributed by atoms with Crippen LogP contribution >= 0.6 is 0 Å². The normalized spacial score (nSPS) is 18.7. The van der Waals surface area contributed by atoms with Crippen LogP contribution in [0.4, 0.5) is 11.8 Å². The van der Waals surface area contributed by atoms with Crippen molar-refractivity contribution in [2.45, 2.75) is 26.3 Å². The van der Waals surface area contributed by atoms with Gasteiger partial charge in [-0.25, -0.2) is 4.98 Å². The molecule has 1 amide bonds. The molecule has 0 spiro atoms. The molecule has 0 atom stereocenters. The zero-order valence-electron chi connectivity index (χ0n) is 12.2. The highest BCUT2D eigenvalue weighted by Gasteiger charge is 2.41. The van der Waals surface area contributed by atoms with Crippen molar-refractivity contribution in [2.24, 2.45) is 0 Å². The number of aromatic nitrogens is 2. The van der Waals surface area contributed by atoms with Gasteiger partial charge in [0, 0.05) is 38.9 Å². The predicted molar refractivity (Wildman–Crippen MR) is 75.4 cm³/mol. The van der Waals surface area contributed by atoms with Crippen LogP contribution in [0.2, 0.25) is 0 Å². The Kier molecular flexibility index (Phi) is 3.34. The highest BCUT2D eigenvalue weighted by atomic mass is 16.2. The summed E-state index contributed by atoms with van der Waals surface area (Å²) in [4.78, 5) is 24.9. The number of carbonyl (C=O) groups excluding carboxylic acids is 1. The van der Waals surface area contributed by atoms with Crippen molar-refractivity contribution < 1.29 is 4.79 Å². The molecular weight excluding hydrogens is 242 g/mol. The van der Waals surface area contributed by atoms with E-state index in [1.165, 1.54) is 0 Å². The molecule has 0 bridgehead atoms. The van der Waals surface area contributed by atoms with E-state index in [2.05, 4.69) is 15.3 Å². The third-order valence-electron chi connectivity index (χ3n) is 3.54. The topological polar surface area (TPSA) is 61.4 Å². The van der Waals surface area contributed by atoms with E-state index in [0.717, 1.165) is 18.1 Å². The molecule has 2 rings (SSSR count). The predicted octanol–water partition coefficient (Wildman–Crippen LogP) is 0.884. The molecule has 0 aliphatic carbocycles. The van der Waals surface area contributed by atoms with E-state index in [-0.39, 0.29) is 5.91 Å². The van der Waals surface area contributed by atoms with Gasteiger partial charge in [-0.2, -0.15) is 4.98 Å².